The fourth-order valence-electron chi connectivity index (χ4n) is 5.27. The molecule has 3 aliphatic rings. The highest BCUT2D eigenvalue weighted by molar-refractivity contribution is 5.88. The average molecular weight is 264 g/mol. The molecular formula is C16H24O3. The van der Waals surface area contributed by atoms with Crippen molar-refractivity contribution in [2.75, 3.05) is 0 Å². The summed E-state index contributed by atoms with van der Waals surface area (Å²) in [6.45, 7) is 8.69. The molecule has 19 heavy (non-hydrogen) atoms. The zero-order valence-electron chi connectivity index (χ0n) is 12.4. The van der Waals surface area contributed by atoms with Crippen molar-refractivity contribution in [2.24, 2.45) is 22.7 Å². The topological polar surface area (TPSA) is 43.4 Å². The molecule has 3 rings (SSSR count). The highest BCUT2D eigenvalue weighted by atomic mass is 16.6. The van der Waals surface area contributed by atoms with Gasteiger partial charge in [0.2, 0.25) is 0 Å². The molecular weight excluding hydrogens is 240 g/mol. The molecule has 2 unspecified atom stereocenters. The molecule has 4 atom stereocenters. The number of ether oxygens (including phenoxy) is 1. The van der Waals surface area contributed by atoms with Crippen molar-refractivity contribution >= 4 is 11.8 Å². The van der Waals surface area contributed by atoms with Gasteiger partial charge in [0.15, 0.2) is 0 Å². The Bertz CT molecular complexity index is 453. The van der Waals surface area contributed by atoms with E-state index >= 15 is 0 Å². The molecule has 106 valence electrons. The van der Waals surface area contributed by atoms with Crippen LogP contribution in [0.1, 0.15) is 59.8 Å². The van der Waals surface area contributed by atoms with Crippen LogP contribution in [0.2, 0.25) is 0 Å². The van der Waals surface area contributed by atoms with E-state index in [1.807, 2.05) is 6.92 Å². The van der Waals surface area contributed by atoms with Crippen LogP contribution in [0.4, 0.5) is 0 Å². The number of fused-ring (bicyclic) bond motifs is 3. The second kappa shape index (κ2) is 3.62. The molecule has 3 heteroatoms. The Labute approximate surface area is 115 Å². The lowest BCUT2D eigenvalue weighted by Gasteiger charge is -2.58. The third-order valence-corrected chi connectivity index (χ3v) is 6.37. The van der Waals surface area contributed by atoms with Gasteiger partial charge in [0, 0.05) is 17.8 Å². The molecule has 3 nitrogen and oxygen atoms in total. The van der Waals surface area contributed by atoms with E-state index in [0.717, 1.165) is 19.3 Å². The minimum absolute atomic E-state index is 0.0679. The molecule has 1 heterocycles. The van der Waals surface area contributed by atoms with Gasteiger partial charge in [0.25, 0.3) is 0 Å². The van der Waals surface area contributed by atoms with Crippen LogP contribution in [0.5, 0.6) is 0 Å². The summed E-state index contributed by atoms with van der Waals surface area (Å²) < 4.78 is 5.59. The second-order valence-corrected chi connectivity index (χ2v) is 7.83. The smallest absolute Gasteiger partial charge is 0.306 e. The predicted molar refractivity (Wildman–Crippen MR) is 71.5 cm³/mol. The lowest BCUT2D eigenvalue weighted by molar-refractivity contribution is -0.174. The van der Waals surface area contributed by atoms with Crippen molar-refractivity contribution in [1.82, 2.24) is 0 Å². The van der Waals surface area contributed by atoms with Crippen LogP contribution in [0, 0.1) is 22.7 Å². The SMILES string of the molecule is CC1(C)CCC(=O)[C@@]2(C)C1CC[C@@]1(C)OC(=O)CC21. The summed E-state index contributed by atoms with van der Waals surface area (Å²) in [6.07, 6.45) is 3.95. The molecule has 3 fully saturated rings. The van der Waals surface area contributed by atoms with Gasteiger partial charge >= 0.3 is 5.97 Å². The van der Waals surface area contributed by atoms with Gasteiger partial charge in [-0.05, 0) is 37.5 Å². The lowest BCUT2D eigenvalue weighted by Crippen LogP contribution is -2.59. The van der Waals surface area contributed by atoms with Crippen LogP contribution in [0.15, 0.2) is 0 Å². The Morgan fingerprint density at radius 1 is 1.05 bits per heavy atom. The Kier molecular flexibility index (Phi) is 2.50. The molecule has 2 aliphatic carbocycles. The van der Waals surface area contributed by atoms with E-state index < -0.39 is 5.60 Å². The summed E-state index contributed by atoms with van der Waals surface area (Å²) in [5, 5.41) is 0. The molecule has 0 aromatic rings. The molecule has 0 amide bonds. The van der Waals surface area contributed by atoms with Gasteiger partial charge in [-0.2, -0.15) is 0 Å². The van der Waals surface area contributed by atoms with Crippen molar-refractivity contribution in [1.29, 1.82) is 0 Å². The van der Waals surface area contributed by atoms with Crippen LogP contribution in [-0.2, 0) is 14.3 Å². The third-order valence-electron chi connectivity index (χ3n) is 6.37. The van der Waals surface area contributed by atoms with E-state index in [0.29, 0.717) is 24.5 Å². The molecule has 0 aromatic carbocycles. The first-order chi connectivity index (χ1) is 8.70. The quantitative estimate of drug-likeness (QED) is 0.631. The Morgan fingerprint density at radius 2 is 1.74 bits per heavy atom. The highest BCUT2D eigenvalue weighted by Crippen LogP contribution is 2.63. The van der Waals surface area contributed by atoms with Crippen LogP contribution in [-0.4, -0.2) is 17.4 Å². The zero-order chi connectivity index (χ0) is 14.1. The summed E-state index contributed by atoms with van der Waals surface area (Å²) in [5.74, 6) is 0.684. The van der Waals surface area contributed by atoms with E-state index in [1.54, 1.807) is 0 Å². The fourth-order valence-corrected chi connectivity index (χ4v) is 5.27. The van der Waals surface area contributed by atoms with Gasteiger partial charge in [-0.25, -0.2) is 0 Å². The number of hydrogen-bond acceptors (Lipinski definition) is 3. The summed E-state index contributed by atoms with van der Waals surface area (Å²) in [4.78, 5) is 24.4. The van der Waals surface area contributed by atoms with E-state index in [1.165, 1.54) is 0 Å². The van der Waals surface area contributed by atoms with E-state index in [2.05, 4.69) is 20.8 Å². The molecule has 1 saturated heterocycles. The fraction of sp³-hybridized carbons (Fsp3) is 0.875. The first kappa shape index (κ1) is 13.1. The summed E-state index contributed by atoms with van der Waals surface area (Å²) in [6, 6.07) is 0. The molecule has 2 saturated carbocycles. The number of rotatable bonds is 0. The third kappa shape index (κ3) is 1.56. The number of ketones is 1. The van der Waals surface area contributed by atoms with Crippen molar-refractivity contribution in [2.45, 2.75) is 65.4 Å². The first-order valence-electron chi connectivity index (χ1n) is 7.45. The van der Waals surface area contributed by atoms with Gasteiger partial charge in [0.1, 0.15) is 11.4 Å². The van der Waals surface area contributed by atoms with Crippen LogP contribution in [0.25, 0.3) is 0 Å². The maximum absolute atomic E-state index is 12.7. The minimum Gasteiger partial charge on any atom is -0.459 e. The maximum Gasteiger partial charge on any atom is 0.306 e. The van der Waals surface area contributed by atoms with Gasteiger partial charge in [-0.3, -0.25) is 9.59 Å². The molecule has 0 bridgehead atoms. The van der Waals surface area contributed by atoms with E-state index in [9.17, 15) is 9.59 Å². The average Bonchev–Trinajstić information content (AvgIpc) is 2.60. The summed E-state index contributed by atoms with van der Waals surface area (Å²) in [7, 11) is 0. The number of Topliss-reactive ketones (excluding diaryl/α,β-unsaturated/α-hetero) is 1. The largest absolute Gasteiger partial charge is 0.459 e. The number of hydrogen-bond donors (Lipinski definition) is 0. The molecule has 1 aliphatic heterocycles. The van der Waals surface area contributed by atoms with Gasteiger partial charge in [-0.15, -0.1) is 0 Å². The minimum atomic E-state index is -0.411. The van der Waals surface area contributed by atoms with Crippen LogP contribution < -0.4 is 0 Å². The molecule has 0 N–H and O–H groups in total. The predicted octanol–water partition coefficient (Wildman–Crippen LogP) is 3.11. The zero-order valence-corrected chi connectivity index (χ0v) is 12.4. The summed E-state index contributed by atoms with van der Waals surface area (Å²) >= 11 is 0. The molecule has 0 radical (unpaired) electrons. The molecule has 0 spiro atoms. The maximum atomic E-state index is 12.7. The van der Waals surface area contributed by atoms with Crippen molar-refractivity contribution in [3.63, 3.8) is 0 Å². The highest BCUT2D eigenvalue weighted by Gasteiger charge is 2.65. The van der Waals surface area contributed by atoms with E-state index in [4.69, 9.17) is 4.74 Å². The van der Waals surface area contributed by atoms with Crippen molar-refractivity contribution < 1.29 is 14.3 Å². The number of esters is 1. The van der Waals surface area contributed by atoms with Crippen molar-refractivity contribution in [3.8, 4) is 0 Å². The second-order valence-electron chi connectivity index (χ2n) is 7.83. The van der Waals surface area contributed by atoms with E-state index in [-0.39, 0.29) is 22.7 Å². The van der Waals surface area contributed by atoms with Crippen molar-refractivity contribution in [3.05, 3.63) is 0 Å². The molecule has 0 aromatic heterocycles. The standard InChI is InChI=1S/C16H24O3/c1-14(2)7-6-12(17)16(4)10(14)5-8-15(3)11(16)9-13(18)19-15/h10-11H,5-9H2,1-4H3/t10?,11?,15-,16+/m1/s1. The van der Waals surface area contributed by atoms with Gasteiger partial charge in [-0.1, -0.05) is 20.8 Å². The monoisotopic (exact) mass is 264 g/mol. The number of carbonyl (C=O) groups excluding carboxylic acids is 2. The summed E-state index contributed by atoms with van der Waals surface area (Å²) in [5.41, 5.74) is -0.595. The Hall–Kier alpha value is -0.860. The first-order valence-corrected chi connectivity index (χ1v) is 7.45. The van der Waals surface area contributed by atoms with Gasteiger partial charge in [0.05, 0.1) is 6.42 Å². The Balaban J connectivity index is 2.08. The Morgan fingerprint density at radius 3 is 2.42 bits per heavy atom. The van der Waals surface area contributed by atoms with Crippen LogP contribution in [0.3, 0.4) is 0 Å². The number of carbonyl (C=O) groups is 2. The normalized spacial score (nSPS) is 48.4. The van der Waals surface area contributed by atoms with Gasteiger partial charge < -0.3 is 4.74 Å². The van der Waals surface area contributed by atoms with Crippen LogP contribution >= 0.6 is 0 Å². The lowest BCUT2D eigenvalue weighted by atomic mass is 9.45.